The molecule has 1 aromatic rings. The maximum Gasteiger partial charge on any atom is 0.267 e. The van der Waals surface area contributed by atoms with E-state index in [4.69, 9.17) is 0 Å². The molecule has 2 saturated heterocycles. The van der Waals surface area contributed by atoms with Crippen molar-refractivity contribution in [1.29, 1.82) is 0 Å². The fourth-order valence-electron chi connectivity index (χ4n) is 5.07. The highest BCUT2D eigenvalue weighted by atomic mass is 19.3. The van der Waals surface area contributed by atoms with Crippen LogP contribution < -0.4 is 5.32 Å². The van der Waals surface area contributed by atoms with Crippen molar-refractivity contribution < 1.29 is 28.0 Å². The lowest BCUT2D eigenvalue weighted by Gasteiger charge is -2.24. The predicted molar refractivity (Wildman–Crippen MR) is 115 cm³/mol. The zero-order chi connectivity index (χ0) is 24.1. The number of nitrogens with one attached hydrogen (secondary N) is 1. The van der Waals surface area contributed by atoms with E-state index in [9.17, 15) is 28.0 Å². The van der Waals surface area contributed by atoms with E-state index >= 15 is 0 Å². The Bertz CT molecular complexity index is 1010. The Morgan fingerprint density at radius 2 is 1.94 bits per heavy atom. The van der Waals surface area contributed by atoms with Gasteiger partial charge in [-0.05, 0) is 24.5 Å². The summed E-state index contributed by atoms with van der Waals surface area (Å²) in [5, 5.41) is 2.59. The fourth-order valence-corrected chi connectivity index (χ4v) is 5.07. The molecule has 0 spiro atoms. The van der Waals surface area contributed by atoms with Crippen LogP contribution in [0.3, 0.4) is 0 Å². The normalized spacial score (nSPS) is 26.0. The predicted octanol–water partition coefficient (Wildman–Crippen LogP) is 2.52. The first kappa shape index (κ1) is 23.3. The van der Waals surface area contributed by atoms with Crippen molar-refractivity contribution in [3.8, 4) is 0 Å². The van der Waals surface area contributed by atoms with Crippen molar-refractivity contribution in [1.82, 2.24) is 15.1 Å². The van der Waals surface area contributed by atoms with E-state index in [0.717, 1.165) is 16.0 Å². The van der Waals surface area contributed by atoms with Crippen LogP contribution in [0.4, 0.5) is 8.78 Å². The Hall–Kier alpha value is -2.84. The number of nitrogens with zero attached hydrogens (tertiary/aromatic N) is 2. The quantitative estimate of drug-likeness (QED) is 0.683. The molecule has 0 saturated carbocycles. The third kappa shape index (κ3) is 4.50. The van der Waals surface area contributed by atoms with E-state index in [1.165, 1.54) is 0 Å². The molecule has 0 aromatic heterocycles. The van der Waals surface area contributed by atoms with E-state index in [2.05, 4.69) is 5.32 Å². The number of fused-ring (bicyclic) bond motifs is 1. The summed E-state index contributed by atoms with van der Waals surface area (Å²) in [6, 6.07) is 3.99. The summed E-state index contributed by atoms with van der Waals surface area (Å²) in [5.41, 5.74) is 2.39. The topological polar surface area (TPSA) is 86.8 Å². The second-order valence-corrected chi connectivity index (χ2v) is 9.79. The van der Waals surface area contributed by atoms with Gasteiger partial charge < -0.3 is 15.1 Å². The molecule has 0 aliphatic carbocycles. The van der Waals surface area contributed by atoms with E-state index in [-0.39, 0.29) is 30.4 Å². The maximum absolute atomic E-state index is 13.7. The summed E-state index contributed by atoms with van der Waals surface area (Å²) in [5.74, 6) is -4.90. The molecule has 3 amide bonds. The molecule has 3 aliphatic heterocycles. The van der Waals surface area contributed by atoms with Crippen molar-refractivity contribution in [3.63, 3.8) is 0 Å². The summed E-state index contributed by atoms with van der Waals surface area (Å²) in [6.07, 6.45) is -0.350. The number of ketones is 1. The minimum absolute atomic E-state index is 0.0272. The fraction of sp³-hybridized carbons (Fsp3) is 0.583. The molecule has 3 atom stereocenters. The van der Waals surface area contributed by atoms with Crippen molar-refractivity contribution in [2.75, 3.05) is 6.54 Å². The highest BCUT2D eigenvalue weighted by molar-refractivity contribution is 5.99. The van der Waals surface area contributed by atoms with Gasteiger partial charge in [0, 0.05) is 49.4 Å². The Morgan fingerprint density at radius 1 is 1.21 bits per heavy atom. The van der Waals surface area contributed by atoms with Crippen LogP contribution in [-0.4, -0.2) is 57.9 Å². The minimum atomic E-state index is -2.92. The number of carbonyl (C=O) groups excluding carboxylic acids is 4. The number of hydrogen-bond acceptors (Lipinski definition) is 4. The summed E-state index contributed by atoms with van der Waals surface area (Å²) >= 11 is 0. The number of Topliss-reactive ketones (excluding diaryl/α,β-unsaturated/α-hetero) is 1. The summed E-state index contributed by atoms with van der Waals surface area (Å²) in [6.45, 7) is 5.26. The molecule has 33 heavy (non-hydrogen) atoms. The lowest BCUT2D eigenvalue weighted by Crippen LogP contribution is -2.46. The van der Waals surface area contributed by atoms with Gasteiger partial charge in [-0.1, -0.05) is 32.0 Å². The molecule has 2 fully saturated rings. The highest BCUT2D eigenvalue weighted by Gasteiger charge is 2.48. The molecule has 7 nitrogen and oxygen atoms in total. The van der Waals surface area contributed by atoms with Crippen molar-refractivity contribution in [3.05, 3.63) is 34.9 Å². The molecule has 9 heteroatoms. The maximum atomic E-state index is 13.7. The number of hydrogen-bond donors (Lipinski definition) is 1. The number of carbonyl (C=O) groups is 4. The van der Waals surface area contributed by atoms with E-state index in [0.29, 0.717) is 18.7 Å². The van der Waals surface area contributed by atoms with Crippen LogP contribution in [0.15, 0.2) is 18.2 Å². The van der Waals surface area contributed by atoms with Crippen molar-refractivity contribution >= 4 is 23.5 Å². The average molecular weight is 462 g/mol. The minimum Gasteiger partial charge on any atom is -0.344 e. The Kier molecular flexibility index (Phi) is 6.01. The van der Waals surface area contributed by atoms with Crippen LogP contribution in [0.1, 0.15) is 61.5 Å². The number of alkyl halides is 2. The molecule has 178 valence electrons. The lowest BCUT2D eigenvalue weighted by molar-refractivity contribution is -0.136. The van der Waals surface area contributed by atoms with Crippen molar-refractivity contribution in [2.24, 2.45) is 11.8 Å². The van der Waals surface area contributed by atoms with Gasteiger partial charge in [-0.2, -0.15) is 0 Å². The lowest BCUT2D eigenvalue weighted by atomic mass is 9.94. The van der Waals surface area contributed by atoms with E-state index in [1.807, 2.05) is 26.0 Å². The standard InChI is InChI=1S/C24H29F2N3O4/c1-13(2)21(31)17-6-4-5-15-10-28(11-18(15)17)20(30)8-16-7-19(27-22(16)32)23(33)29-12-24(25,26)9-14(29)3/h4-6,13-14,16,19H,7-12H2,1-3H3,(H,27,32)/t14-,16+,19+/m1/s1. The molecular formula is C24H29F2N3O4. The van der Waals surface area contributed by atoms with Crippen LogP contribution in [-0.2, 0) is 27.5 Å². The van der Waals surface area contributed by atoms with Crippen LogP contribution in [0, 0.1) is 11.8 Å². The van der Waals surface area contributed by atoms with Gasteiger partial charge in [-0.3, -0.25) is 19.2 Å². The van der Waals surface area contributed by atoms with Gasteiger partial charge >= 0.3 is 0 Å². The summed E-state index contributed by atoms with van der Waals surface area (Å²) in [4.78, 5) is 53.4. The van der Waals surface area contributed by atoms with E-state index < -0.39 is 48.7 Å². The monoisotopic (exact) mass is 461 g/mol. The SMILES string of the molecule is CC(C)C(=O)c1cccc2c1CN(C(=O)C[C@@H]1C[C@@H](C(=O)N3CC(F)(F)C[C@H]3C)NC1=O)C2. The van der Waals surface area contributed by atoms with Crippen molar-refractivity contribution in [2.45, 2.75) is 71.1 Å². The first-order valence-electron chi connectivity index (χ1n) is 11.4. The van der Waals surface area contributed by atoms with Gasteiger partial charge in [0.05, 0.1) is 6.54 Å². The molecule has 4 rings (SSSR count). The molecule has 0 unspecified atom stereocenters. The summed E-state index contributed by atoms with van der Waals surface area (Å²) in [7, 11) is 0. The highest BCUT2D eigenvalue weighted by Crippen LogP contribution is 2.34. The van der Waals surface area contributed by atoms with E-state index in [1.54, 1.807) is 17.9 Å². The Balaban J connectivity index is 1.38. The van der Waals surface area contributed by atoms with Gasteiger partial charge in [-0.25, -0.2) is 8.78 Å². The Labute approximate surface area is 191 Å². The molecule has 1 N–H and O–H groups in total. The van der Waals surface area contributed by atoms with Gasteiger partial charge in [0.25, 0.3) is 5.92 Å². The zero-order valence-corrected chi connectivity index (χ0v) is 19.1. The summed E-state index contributed by atoms with van der Waals surface area (Å²) < 4.78 is 27.3. The largest absolute Gasteiger partial charge is 0.344 e. The smallest absolute Gasteiger partial charge is 0.267 e. The van der Waals surface area contributed by atoms with Gasteiger partial charge in [0.15, 0.2) is 5.78 Å². The number of amides is 3. The molecule has 0 bridgehead atoms. The zero-order valence-electron chi connectivity index (χ0n) is 19.1. The third-order valence-electron chi connectivity index (χ3n) is 6.86. The van der Waals surface area contributed by atoms with Crippen LogP contribution in [0.25, 0.3) is 0 Å². The van der Waals surface area contributed by atoms with Gasteiger partial charge in [-0.15, -0.1) is 0 Å². The average Bonchev–Trinajstić information content (AvgIpc) is 3.41. The molecule has 3 heterocycles. The molecule has 3 aliphatic rings. The van der Waals surface area contributed by atoms with Gasteiger partial charge in [0.2, 0.25) is 17.7 Å². The molecule has 1 aromatic carbocycles. The second-order valence-electron chi connectivity index (χ2n) is 9.79. The van der Waals surface area contributed by atoms with Crippen LogP contribution in [0.5, 0.6) is 0 Å². The Morgan fingerprint density at radius 3 is 2.58 bits per heavy atom. The van der Waals surface area contributed by atoms with Crippen LogP contribution in [0.2, 0.25) is 0 Å². The first-order valence-corrected chi connectivity index (χ1v) is 11.4. The first-order chi connectivity index (χ1) is 15.5. The third-order valence-corrected chi connectivity index (χ3v) is 6.86. The number of rotatable bonds is 5. The number of benzene rings is 1. The van der Waals surface area contributed by atoms with Gasteiger partial charge in [0.1, 0.15) is 6.04 Å². The number of likely N-dealkylation sites (tertiary alicyclic amines) is 1. The molecule has 0 radical (unpaired) electrons. The second kappa shape index (κ2) is 8.50. The number of halogens is 2. The van der Waals surface area contributed by atoms with Crippen LogP contribution >= 0.6 is 0 Å². The molecular weight excluding hydrogens is 432 g/mol.